The molecule has 0 aliphatic rings. The highest BCUT2D eigenvalue weighted by molar-refractivity contribution is 5.74. The average Bonchev–Trinajstić information content (AvgIpc) is 2.59. The predicted octanol–water partition coefficient (Wildman–Crippen LogP) is 0.286. The second-order valence-electron chi connectivity index (χ2n) is 3.78. The number of hydrogen-bond acceptors (Lipinski definition) is 3. The lowest BCUT2D eigenvalue weighted by Gasteiger charge is -2.10. The summed E-state index contributed by atoms with van der Waals surface area (Å²) in [6.07, 6.45) is 3.33. The average molecular weight is 206 g/mol. The molecule has 0 saturated heterocycles. The predicted molar refractivity (Wildman–Crippen MR) is 58.9 cm³/mol. The highest BCUT2D eigenvalue weighted by Crippen LogP contribution is 2.07. The van der Waals surface area contributed by atoms with Crippen molar-refractivity contribution in [2.24, 2.45) is 0 Å². The van der Waals surface area contributed by atoms with E-state index in [1.165, 1.54) is 6.33 Å². The molecule has 2 aromatic heterocycles. The molecule has 0 radical (unpaired) electrons. The third-order valence-electron chi connectivity index (χ3n) is 2.34. The lowest BCUT2D eigenvalue weighted by molar-refractivity contribution is 0.387. The van der Waals surface area contributed by atoms with Gasteiger partial charge in [-0.1, -0.05) is 0 Å². The molecule has 0 unspecified atom stereocenters. The van der Waals surface area contributed by atoms with Crippen molar-refractivity contribution in [2.75, 3.05) is 20.6 Å². The first-order valence-electron chi connectivity index (χ1n) is 4.86. The fraction of sp³-hybridized carbons (Fsp3) is 0.400. The van der Waals surface area contributed by atoms with Crippen LogP contribution >= 0.6 is 0 Å². The Morgan fingerprint density at radius 1 is 1.53 bits per heavy atom. The Hall–Kier alpha value is -1.62. The van der Waals surface area contributed by atoms with Crippen LogP contribution in [-0.4, -0.2) is 40.1 Å². The summed E-state index contributed by atoms with van der Waals surface area (Å²) in [5.41, 5.74) is 1.32. The number of aromatic amines is 1. The van der Waals surface area contributed by atoms with Gasteiger partial charge < -0.3 is 14.5 Å². The standard InChI is InChI=1S/C10H14N4O/c1-13(2)5-6-14-4-3-8-9(14)10(15)12-7-11-8/h3-4,7H,5-6H2,1-2H3,(H,11,12,15). The topological polar surface area (TPSA) is 53.9 Å². The van der Waals surface area contributed by atoms with Gasteiger partial charge in [-0.3, -0.25) is 4.79 Å². The van der Waals surface area contributed by atoms with Gasteiger partial charge in [0.25, 0.3) is 5.56 Å². The molecule has 0 atom stereocenters. The first kappa shape index (κ1) is 9.92. The minimum Gasteiger partial charge on any atom is -0.340 e. The minimum atomic E-state index is -0.0799. The Morgan fingerprint density at radius 2 is 2.33 bits per heavy atom. The smallest absolute Gasteiger partial charge is 0.275 e. The van der Waals surface area contributed by atoms with Gasteiger partial charge in [0.05, 0.1) is 11.8 Å². The molecule has 2 heterocycles. The molecule has 2 rings (SSSR count). The molecule has 2 aromatic rings. The minimum absolute atomic E-state index is 0.0799. The van der Waals surface area contributed by atoms with Crippen LogP contribution < -0.4 is 5.56 Å². The molecule has 0 bridgehead atoms. The van der Waals surface area contributed by atoms with E-state index >= 15 is 0 Å². The summed E-state index contributed by atoms with van der Waals surface area (Å²) in [5.74, 6) is 0. The monoisotopic (exact) mass is 206 g/mol. The van der Waals surface area contributed by atoms with Crippen molar-refractivity contribution in [3.8, 4) is 0 Å². The van der Waals surface area contributed by atoms with E-state index in [9.17, 15) is 4.79 Å². The number of rotatable bonds is 3. The summed E-state index contributed by atoms with van der Waals surface area (Å²) in [5, 5.41) is 0. The quantitative estimate of drug-likeness (QED) is 0.785. The van der Waals surface area contributed by atoms with E-state index in [2.05, 4.69) is 14.9 Å². The van der Waals surface area contributed by atoms with Gasteiger partial charge in [0.2, 0.25) is 0 Å². The Bertz CT molecular complexity index is 511. The molecular formula is C10H14N4O. The molecule has 15 heavy (non-hydrogen) atoms. The molecule has 5 heteroatoms. The molecule has 0 saturated carbocycles. The van der Waals surface area contributed by atoms with Gasteiger partial charge in [0.15, 0.2) is 0 Å². The third kappa shape index (κ3) is 1.92. The lowest BCUT2D eigenvalue weighted by atomic mass is 10.4. The maximum absolute atomic E-state index is 11.6. The largest absolute Gasteiger partial charge is 0.340 e. The summed E-state index contributed by atoms with van der Waals surface area (Å²) in [7, 11) is 4.02. The second-order valence-corrected chi connectivity index (χ2v) is 3.78. The van der Waals surface area contributed by atoms with Crippen LogP contribution in [0.4, 0.5) is 0 Å². The van der Waals surface area contributed by atoms with Gasteiger partial charge in [-0.25, -0.2) is 4.98 Å². The van der Waals surface area contributed by atoms with Crippen molar-refractivity contribution in [1.82, 2.24) is 19.4 Å². The van der Waals surface area contributed by atoms with Gasteiger partial charge in [-0.15, -0.1) is 0 Å². The second kappa shape index (κ2) is 3.86. The van der Waals surface area contributed by atoms with Crippen LogP contribution in [0.25, 0.3) is 11.0 Å². The van der Waals surface area contributed by atoms with Crippen LogP contribution in [0.15, 0.2) is 23.4 Å². The van der Waals surface area contributed by atoms with Gasteiger partial charge >= 0.3 is 0 Å². The molecule has 1 N–H and O–H groups in total. The highest BCUT2D eigenvalue weighted by Gasteiger charge is 2.05. The lowest BCUT2D eigenvalue weighted by Crippen LogP contribution is -2.20. The summed E-state index contributed by atoms with van der Waals surface area (Å²) in [6.45, 7) is 1.70. The Kier molecular flexibility index (Phi) is 2.55. The van der Waals surface area contributed by atoms with E-state index in [0.29, 0.717) is 5.52 Å². The van der Waals surface area contributed by atoms with E-state index in [-0.39, 0.29) is 5.56 Å². The zero-order chi connectivity index (χ0) is 10.8. The van der Waals surface area contributed by atoms with Crippen LogP contribution in [0.5, 0.6) is 0 Å². The Balaban J connectivity index is 2.40. The SMILES string of the molecule is CN(C)CCn1ccc2nc[nH]c(=O)c21. The van der Waals surface area contributed by atoms with Crippen molar-refractivity contribution < 1.29 is 0 Å². The normalized spacial score (nSPS) is 11.4. The number of H-pyrrole nitrogens is 1. The first-order chi connectivity index (χ1) is 7.18. The fourth-order valence-electron chi connectivity index (χ4n) is 1.53. The van der Waals surface area contributed by atoms with Crippen LogP contribution in [-0.2, 0) is 6.54 Å². The van der Waals surface area contributed by atoms with E-state index in [1.54, 1.807) is 0 Å². The number of hydrogen-bond donors (Lipinski definition) is 1. The molecule has 0 fully saturated rings. The van der Waals surface area contributed by atoms with Crippen LogP contribution in [0, 0.1) is 0 Å². The summed E-state index contributed by atoms with van der Waals surface area (Å²) in [4.78, 5) is 20.3. The van der Waals surface area contributed by atoms with Crippen molar-refractivity contribution in [1.29, 1.82) is 0 Å². The molecule has 0 aromatic carbocycles. The number of fused-ring (bicyclic) bond motifs is 1. The van der Waals surface area contributed by atoms with Crippen LogP contribution in [0.3, 0.4) is 0 Å². The first-order valence-corrected chi connectivity index (χ1v) is 4.86. The van der Waals surface area contributed by atoms with E-state index in [0.717, 1.165) is 18.6 Å². The Morgan fingerprint density at radius 3 is 3.07 bits per heavy atom. The maximum atomic E-state index is 11.6. The number of likely N-dealkylation sites (N-methyl/N-ethyl adjacent to an activating group) is 1. The zero-order valence-corrected chi connectivity index (χ0v) is 8.90. The van der Waals surface area contributed by atoms with Gasteiger partial charge in [-0.05, 0) is 20.2 Å². The summed E-state index contributed by atoms with van der Waals surface area (Å²) in [6, 6.07) is 1.86. The van der Waals surface area contributed by atoms with Crippen molar-refractivity contribution in [3.63, 3.8) is 0 Å². The number of aromatic nitrogens is 3. The van der Waals surface area contributed by atoms with Gasteiger partial charge in [0.1, 0.15) is 5.52 Å². The zero-order valence-electron chi connectivity index (χ0n) is 8.90. The summed E-state index contributed by atoms with van der Waals surface area (Å²) < 4.78 is 1.93. The molecular weight excluding hydrogens is 192 g/mol. The van der Waals surface area contributed by atoms with Gasteiger partial charge in [-0.2, -0.15) is 0 Å². The van der Waals surface area contributed by atoms with Crippen molar-refractivity contribution >= 4 is 11.0 Å². The van der Waals surface area contributed by atoms with Crippen molar-refractivity contribution in [3.05, 3.63) is 28.9 Å². The van der Waals surface area contributed by atoms with Crippen LogP contribution in [0.2, 0.25) is 0 Å². The maximum Gasteiger partial charge on any atom is 0.275 e. The van der Waals surface area contributed by atoms with Crippen molar-refractivity contribution in [2.45, 2.75) is 6.54 Å². The molecule has 5 nitrogen and oxygen atoms in total. The third-order valence-corrected chi connectivity index (χ3v) is 2.34. The van der Waals surface area contributed by atoms with E-state index in [1.807, 2.05) is 30.9 Å². The fourth-order valence-corrected chi connectivity index (χ4v) is 1.53. The highest BCUT2D eigenvalue weighted by atomic mass is 16.1. The van der Waals surface area contributed by atoms with Crippen LogP contribution in [0.1, 0.15) is 0 Å². The van der Waals surface area contributed by atoms with E-state index < -0.39 is 0 Å². The molecule has 80 valence electrons. The molecule has 0 spiro atoms. The number of nitrogens with one attached hydrogen (secondary N) is 1. The Labute approximate surface area is 87.4 Å². The molecule has 0 aliphatic carbocycles. The number of nitrogens with zero attached hydrogens (tertiary/aromatic N) is 3. The van der Waals surface area contributed by atoms with Gasteiger partial charge in [0, 0.05) is 19.3 Å². The molecule has 0 aliphatic heterocycles. The van der Waals surface area contributed by atoms with E-state index in [4.69, 9.17) is 0 Å². The summed E-state index contributed by atoms with van der Waals surface area (Å²) >= 11 is 0. The molecule has 0 amide bonds.